The zero-order valence-electron chi connectivity index (χ0n) is 7.81. The second-order valence-electron chi connectivity index (χ2n) is 2.86. The van der Waals surface area contributed by atoms with Crippen LogP contribution in [0.5, 0.6) is 0 Å². The zero-order valence-corrected chi connectivity index (χ0v) is 10.2. The van der Waals surface area contributed by atoms with Gasteiger partial charge in [-0.1, -0.05) is 22.0 Å². The molecule has 0 fully saturated rings. The number of hydrogen-bond donors (Lipinski definition) is 1. The lowest BCUT2D eigenvalue weighted by atomic mass is 10.2. The Balaban J connectivity index is 2.20. The highest BCUT2D eigenvalue weighted by atomic mass is 79.9. The molecule has 2 rings (SSSR count). The van der Waals surface area contributed by atoms with E-state index < -0.39 is 0 Å². The summed E-state index contributed by atoms with van der Waals surface area (Å²) >= 11 is 4.95. The van der Waals surface area contributed by atoms with E-state index in [0.717, 1.165) is 14.9 Å². The largest absolute Gasteiger partial charge is 0.440 e. The highest BCUT2D eigenvalue weighted by Gasteiger charge is 2.04. The Bertz CT molecular complexity index is 445. The maximum atomic E-state index is 5.57. The van der Waals surface area contributed by atoms with Crippen LogP contribution < -0.4 is 5.73 Å². The second kappa shape index (κ2) is 4.83. The summed E-state index contributed by atoms with van der Waals surface area (Å²) in [4.78, 5) is 5.11. The highest BCUT2D eigenvalue weighted by molar-refractivity contribution is 9.10. The molecule has 0 saturated heterocycles. The van der Waals surface area contributed by atoms with E-state index in [1.54, 1.807) is 12.5 Å². The maximum absolute atomic E-state index is 5.57. The van der Waals surface area contributed by atoms with Crippen molar-refractivity contribution in [3.63, 3.8) is 0 Å². The van der Waals surface area contributed by atoms with Crippen LogP contribution in [0.4, 0.5) is 0 Å². The summed E-state index contributed by atoms with van der Waals surface area (Å²) in [6.45, 7) is 0.532. The molecule has 1 aromatic heterocycles. The molecule has 0 aliphatic rings. The third-order valence-corrected chi connectivity index (χ3v) is 3.46. The van der Waals surface area contributed by atoms with Gasteiger partial charge in [0.05, 0.1) is 6.20 Å². The van der Waals surface area contributed by atoms with Gasteiger partial charge in [-0.25, -0.2) is 4.98 Å². The van der Waals surface area contributed by atoms with Crippen LogP contribution in [0.2, 0.25) is 0 Å². The Hall–Kier alpha value is -0.780. The number of halogens is 1. The summed E-state index contributed by atoms with van der Waals surface area (Å²) in [5, 5.41) is 0.641. The number of oxazole rings is 1. The lowest BCUT2D eigenvalue weighted by Gasteiger charge is -2.03. The van der Waals surface area contributed by atoms with Crippen LogP contribution in [0.25, 0.3) is 0 Å². The van der Waals surface area contributed by atoms with Crippen molar-refractivity contribution in [3.05, 3.63) is 40.7 Å². The fourth-order valence-electron chi connectivity index (χ4n) is 1.12. The lowest BCUT2D eigenvalue weighted by molar-refractivity contribution is 0.454. The predicted octanol–water partition coefficient (Wildman–Crippen LogP) is 3.05. The first kappa shape index (κ1) is 10.7. The van der Waals surface area contributed by atoms with Crippen LogP contribution in [0.1, 0.15) is 5.56 Å². The topological polar surface area (TPSA) is 52.0 Å². The molecule has 0 aliphatic heterocycles. The van der Waals surface area contributed by atoms with Gasteiger partial charge in [0.1, 0.15) is 6.26 Å². The van der Waals surface area contributed by atoms with E-state index in [4.69, 9.17) is 10.2 Å². The van der Waals surface area contributed by atoms with Crippen LogP contribution in [-0.4, -0.2) is 4.98 Å². The van der Waals surface area contributed by atoms with Gasteiger partial charge in [-0.2, -0.15) is 0 Å². The molecule has 2 N–H and O–H groups in total. The Morgan fingerprint density at radius 3 is 2.93 bits per heavy atom. The third-order valence-electron chi connectivity index (χ3n) is 1.86. The summed E-state index contributed by atoms with van der Waals surface area (Å²) in [5.41, 5.74) is 6.66. The summed E-state index contributed by atoms with van der Waals surface area (Å²) in [5.74, 6) is 0. The second-order valence-corrected chi connectivity index (χ2v) is 4.74. The van der Waals surface area contributed by atoms with Crippen molar-refractivity contribution in [2.75, 3.05) is 0 Å². The number of benzene rings is 1. The van der Waals surface area contributed by atoms with Gasteiger partial charge in [0, 0.05) is 15.9 Å². The zero-order chi connectivity index (χ0) is 10.7. The van der Waals surface area contributed by atoms with Crippen LogP contribution in [-0.2, 0) is 6.54 Å². The van der Waals surface area contributed by atoms with Crippen LogP contribution in [0.15, 0.2) is 49.7 Å². The number of nitrogens with two attached hydrogens (primary N) is 1. The first-order valence-electron chi connectivity index (χ1n) is 4.35. The van der Waals surface area contributed by atoms with E-state index in [0.29, 0.717) is 11.8 Å². The van der Waals surface area contributed by atoms with E-state index in [9.17, 15) is 0 Å². The van der Waals surface area contributed by atoms with Gasteiger partial charge in [0.25, 0.3) is 5.22 Å². The Morgan fingerprint density at radius 1 is 1.47 bits per heavy atom. The molecule has 0 bridgehead atoms. The standard InChI is InChI=1S/C10H9BrN2OS/c11-9-5-8(2-1-7(9)6-12)15-10-13-3-4-14-10/h1-5H,6,12H2. The maximum Gasteiger partial charge on any atom is 0.260 e. The first-order valence-corrected chi connectivity index (χ1v) is 5.96. The van der Waals surface area contributed by atoms with E-state index in [2.05, 4.69) is 20.9 Å². The Labute approximate surface area is 100 Å². The quantitative estimate of drug-likeness (QED) is 0.941. The van der Waals surface area contributed by atoms with Crippen LogP contribution >= 0.6 is 27.7 Å². The van der Waals surface area contributed by atoms with Gasteiger partial charge in [-0.05, 0) is 29.5 Å². The molecule has 5 heteroatoms. The van der Waals surface area contributed by atoms with Crippen LogP contribution in [0.3, 0.4) is 0 Å². The summed E-state index contributed by atoms with van der Waals surface area (Å²) < 4.78 is 6.16. The van der Waals surface area contributed by atoms with Crippen molar-refractivity contribution >= 4 is 27.7 Å². The van der Waals surface area contributed by atoms with Crippen LogP contribution in [0, 0.1) is 0 Å². The van der Waals surface area contributed by atoms with E-state index in [1.165, 1.54) is 11.8 Å². The minimum absolute atomic E-state index is 0.532. The number of rotatable bonds is 3. The van der Waals surface area contributed by atoms with E-state index in [1.807, 2.05) is 18.2 Å². The number of nitrogens with zero attached hydrogens (tertiary/aromatic N) is 1. The summed E-state index contributed by atoms with van der Waals surface area (Å²) in [7, 11) is 0. The van der Waals surface area contributed by atoms with Crippen molar-refractivity contribution in [1.29, 1.82) is 0 Å². The summed E-state index contributed by atoms with van der Waals surface area (Å²) in [6, 6.07) is 6.01. The van der Waals surface area contributed by atoms with Gasteiger partial charge in [-0.3, -0.25) is 0 Å². The normalized spacial score (nSPS) is 10.5. The third kappa shape index (κ3) is 2.62. The molecule has 0 saturated carbocycles. The van der Waals surface area contributed by atoms with Gasteiger partial charge < -0.3 is 10.2 Å². The summed E-state index contributed by atoms with van der Waals surface area (Å²) in [6.07, 6.45) is 3.19. The van der Waals surface area contributed by atoms with Crippen molar-refractivity contribution in [1.82, 2.24) is 4.98 Å². The molecule has 15 heavy (non-hydrogen) atoms. The highest BCUT2D eigenvalue weighted by Crippen LogP contribution is 2.29. The fourth-order valence-corrected chi connectivity index (χ4v) is 2.54. The Kier molecular flexibility index (Phi) is 3.45. The van der Waals surface area contributed by atoms with Gasteiger partial charge in [-0.15, -0.1) is 0 Å². The predicted molar refractivity (Wildman–Crippen MR) is 62.7 cm³/mol. The SMILES string of the molecule is NCc1ccc(Sc2ncco2)cc1Br. The average molecular weight is 285 g/mol. The van der Waals surface area contributed by atoms with Gasteiger partial charge in [0.2, 0.25) is 0 Å². The molecule has 0 radical (unpaired) electrons. The van der Waals surface area contributed by atoms with Crippen molar-refractivity contribution in [2.24, 2.45) is 5.73 Å². The minimum atomic E-state index is 0.532. The molecular weight excluding hydrogens is 276 g/mol. The van der Waals surface area contributed by atoms with E-state index in [-0.39, 0.29) is 0 Å². The van der Waals surface area contributed by atoms with Gasteiger partial charge in [0.15, 0.2) is 0 Å². The molecule has 2 aromatic rings. The Morgan fingerprint density at radius 2 is 2.33 bits per heavy atom. The molecule has 0 spiro atoms. The molecule has 0 unspecified atom stereocenters. The molecule has 1 aromatic carbocycles. The molecular formula is C10H9BrN2OS. The van der Waals surface area contributed by atoms with E-state index >= 15 is 0 Å². The van der Waals surface area contributed by atoms with Crippen molar-refractivity contribution < 1.29 is 4.42 Å². The molecule has 1 heterocycles. The minimum Gasteiger partial charge on any atom is -0.440 e. The average Bonchev–Trinajstić information content (AvgIpc) is 2.71. The molecule has 0 aliphatic carbocycles. The monoisotopic (exact) mass is 284 g/mol. The molecule has 3 nitrogen and oxygen atoms in total. The number of aromatic nitrogens is 1. The number of hydrogen-bond acceptors (Lipinski definition) is 4. The van der Waals surface area contributed by atoms with Gasteiger partial charge >= 0.3 is 0 Å². The smallest absolute Gasteiger partial charge is 0.260 e. The lowest BCUT2D eigenvalue weighted by Crippen LogP contribution is -1.96. The van der Waals surface area contributed by atoms with Crippen molar-refractivity contribution in [2.45, 2.75) is 16.7 Å². The molecule has 0 amide bonds. The van der Waals surface area contributed by atoms with Crippen molar-refractivity contribution in [3.8, 4) is 0 Å². The molecule has 0 atom stereocenters. The fraction of sp³-hybridized carbons (Fsp3) is 0.100. The molecule has 78 valence electrons. The first-order chi connectivity index (χ1) is 7.29.